The molecular formula is C27H24F3NO5. The van der Waals surface area contributed by atoms with Crippen LogP contribution in [-0.2, 0) is 22.1 Å². The van der Waals surface area contributed by atoms with Crippen LogP contribution < -0.4 is 14.2 Å². The molecule has 36 heavy (non-hydrogen) atoms. The van der Waals surface area contributed by atoms with Crippen molar-refractivity contribution in [3.8, 4) is 28.6 Å². The zero-order chi connectivity index (χ0) is 25.4. The highest BCUT2D eigenvalue weighted by atomic mass is 19.4. The summed E-state index contributed by atoms with van der Waals surface area (Å²) in [5.41, 5.74) is 2.00. The van der Waals surface area contributed by atoms with Gasteiger partial charge in [-0.1, -0.05) is 24.3 Å². The second-order valence-corrected chi connectivity index (χ2v) is 8.75. The first-order valence-corrected chi connectivity index (χ1v) is 11.5. The number of alkyl halides is 3. The standard InChI is InChI=1S/C27H24F3NO5/c1-33-24-11-9-21(27(28,29)30)26(31-24)20-5-3-4-19-18(20)8-10-22(19)36-16-6-7-17-15(12-25(32)34-2)14-35-23(17)13-16/h3-7,9,11,13,15,22H,8,10,12,14H2,1-2H3/t15-,22-/m1/s1. The van der Waals surface area contributed by atoms with Crippen LogP contribution in [0.4, 0.5) is 13.2 Å². The molecular weight excluding hydrogens is 475 g/mol. The maximum atomic E-state index is 13.8. The number of hydrogen-bond acceptors (Lipinski definition) is 6. The predicted octanol–water partition coefficient (Wildman–Crippen LogP) is 5.88. The molecule has 2 atom stereocenters. The average Bonchev–Trinajstić information content (AvgIpc) is 3.46. The Morgan fingerprint density at radius 2 is 1.94 bits per heavy atom. The summed E-state index contributed by atoms with van der Waals surface area (Å²) in [6.07, 6.45) is -3.48. The molecule has 9 heteroatoms. The van der Waals surface area contributed by atoms with E-state index in [1.165, 1.54) is 20.3 Å². The minimum absolute atomic E-state index is 0.0746. The fourth-order valence-corrected chi connectivity index (χ4v) is 4.90. The zero-order valence-electron chi connectivity index (χ0n) is 19.7. The number of halogens is 3. The molecule has 1 aliphatic carbocycles. The van der Waals surface area contributed by atoms with Gasteiger partial charge in [-0.2, -0.15) is 13.2 Å². The van der Waals surface area contributed by atoms with Gasteiger partial charge in [-0.3, -0.25) is 4.79 Å². The number of ether oxygens (including phenoxy) is 4. The minimum atomic E-state index is -4.55. The van der Waals surface area contributed by atoms with Crippen LogP contribution in [0.1, 0.15) is 47.1 Å². The number of aromatic nitrogens is 1. The molecule has 188 valence electrons. The Hall–Kier alpha value is -3.75. The van der Waals surface area contributed by atoms with Gasteiger partial charge in [0.2, 0.25) is 5.88 Å². The van der Waals surface area contributed by atoms with Crippen LogP contribution in [0, 0.1) is 0 Å². The summed E-state index contributed by atoms with van der Waals surface area (Å²) < 4.78 is 63.2. The SMILES string of the molecule is COC(=O)C[C@@H]1COc2cc(O[C@@H]3CCc4c(-c5nc(OC)ccc5C(F)(F)F)cccc43)ccc21. The van der Waals surface area contributed by atoms with Crippen LogP contribution in [0.5, 0.6) is 17.4 Å². The minimum Gasteiger partial charge on any atom is -0.492 e. The van der Waals surface area contributed by atoms with Gasteiger partial charge in [-0.15, -0.1) is 0 Å². The highest BCUT2D eigenvalue weighted by molar-refractivity contribution is 5.71. The number of carbonyl (C=O) groups excluding carboxylic acids is 1. The monoisotopic (exact) mass is 499 g/mol. The van der Waals surface area contributed by atoms with Gasteiger partial charge in [0.05, 0.1) is 38.5 Å². The summed E-state index contributed by atoms with van der Waals surface area (Å²) >= 11 is 0. The number of methoxy groups -OCH3 is 2. The fourth-order valence-electron chi connectivity index (χ4n) is 4.90. The van der Waals surface area contributed by atoms with Crippen LogP contribution in [0.3, 0.4) is 0 Å². The third kappa shape index (κ3) is 4.45. The highest BCUT2D eigenvalue weighted by Gasteiger charge is 2.37. The van der Waals surface area contributed by atoms with Crippen LogP contribution in [-0.4, -0.2) is 31.8 Å². The summed E-state index contributed by atoms with van der Waals surface area (Å²) in [7, 11) is 2.73. The van der Waals surface area contributed by atoms with Crippen LogP contribution in [0.25, 0.3) is 11.3 Å². The Kier molecular flexibility index (Phi) is 6.24. The molecule has 6 nitrogen and oxygen atoms in total. The molecule has 0 saturated heterocycles. The third-order valence-corrected chi connectivity index (χ3v) is 6.64. The van der Waals surface area contributed by atoms with Crippen molar-refractivity contribution in [2.45, 2.75) is 37.5 Å². The van der Waals surface area contributed by atoms with Crippen molar-refractivity contribution in [2.24, 2.45) is 0 Å². The van der Waals surface area contributed by atoms with Crippen molar-refractivity contribution in [3.63, 3.8) is 0 Å². The average molecular weight is 499 g/mol. The van der Waals surface area contributed by atoms with Crippen molar-refractivity contribution in [1.82, 2.24) is 4.98 Å². The van der Waals surface area contributed by atoms with Crippen molar-refractivity contribution in [3.05, 3.63) is 70.8 Å². The van der Waals surface area contributed by atoms with E-state index in [1.54, 1.807) is 18.2 Å². The van der Waals surface area contributed by atoms with Gasteiger partial charge in [0, 0.05) is 29.2 Å². The molecule has 0 saturated carbocycles. The molecule has 0 bridgehead atoms. The second-order valence-electron chi connectivity index (χ2n) is 8.75. The van der Waals surface area contributed by atoms with E-state index in [4.69, 9.17) is 18.9 Å². The Bertz CT molecular complexity index is 1310. The highest BCUT2D eigenvalue weighted by Crippen LogP contribution is 2.45. The maximum absolute atomic E-state index is 13.8. The maximum Gasteiger partial charge on any atom is 0.418 e. The number of pyridine rings is 1. The van der Waals surface area contributed by atoms with E-state index in [-0.39, 0.29) is 36.0 Å². The van der Waals surface area contributed by atoms with E-state index in [0.717, 1.165) is 22.8 Å². The van der Waals surface area contributed by atoms with E-state index in [2.05, 4.69) is 4.98 Å². The summed E-state index contributed by atoms with van der Waals surface area (Å²) in [6, 6.07) is 13.0. The third-order valence-electron chi connectivity index (χ3n) is 6.64. The van der Waals surface area contributed by atoms with Gasteiger partial charge in [-0.25, -0.2) is 4.98 Å². The summed E-state index contributed by atoms with van der Waals surface area (Å²) in [6.45, 7) is 0.387. The van der Waals surface area contributed by atoms with E-state index in [9.17, 15) is 18.0 Å². The molecule has 5 rings (SSSR count). The molecule has 2 aromatic carbocycles. The first kappa shape index (κ1) is 24.0. The normalized spacial score (nSPS) is 18.2. The molecule has 0 spiro atoms. The van der Waals surface area contributed by atoms with Gasteiger partial charge in [-0.05, 0) is 36.1 Å². The lowest BCUT2D eigenvalue weighted by Crippen LogP contribution is -2.10. The smallest absolute Gasteiger partial charge is 0.418 e. The van der Waals surface area contributed by atoms with Crippen LogP contribution in [0.15, 0.2) is 48.5 Å². The Labute approximate surface area is 206 Å². The lowest BCUT2D eigenvalue weighted by Gasteiger charge is -2.18. The first-order chi connectivity index (χ1) is 17.3. The zero-order valence-corrected chi connectivity index (χ0v) is 19.7. The summed E-state index contributed by atoms with van der Waals surface area (Å²) in [4.78, 5) is 15.8. The lowest BCUT2D eigenvalue weighted by molar-refractivity contribution is -0.141. The van der Waals surface area contributed by atoms with Gasteiger partial charge in [0.25, 0.3) is 0 Å². The molecule has 0 amide bonds. The molecule has 2 aliphatic rings. The predicted molar refractivity (Wildman–Crippen MR) is 124 cm³/mol. The van der Waals surface area contributed by atoms with E-state index in [1.807, 2.05) is 18.2 Å². The molecule has 0 unspecified atom stereocenters. The van der Waals surface area contributed by atoms with E-state index < -0.39 is 11.7 Å². The van der Waals surface area contributed by atoms with Gasteiger partial charge in [0.1, 0.15) is 17.6 Å². The van der Waals surface area contributed by atoms with Crippen molar-refractivity contribution in [2.75, 3.05) is 20.8 Å². The van der Waals surface area contributed by atoms with Crippen LogP contribution in [0.2, 0.25) is 0 Å². The number of carbonyl (C=O) groups is 1. The molecule has 0 radical (unpaired) electrons. The molecule has 0 fully saturated rings. The molecule has 2 heterocycles. The quantitative estimate of drug-likeness (QED) is 0.395. The van der Waals surface area contributed by atoms with Crippen molar-refractivity contribution in [1.29, 1.82) is 0 Å². The van der Waals surface area contributed by atoms with Crippen molar-refractivity contribution >= 4 is 5.97 Å². The Morgan fingerprint density at radius 3 is 2.69 bits per heavy atom. The largest absolute Gasteiger partial charge is 0.492 e. The van der Waals surface area contributed by atoms with E-state index in [0.29, 0.717) is 36.5 Å². The number of fused-ring (bicyclic) bond motifs is 2. The Balaban J connectivity index is 1.43. The van der Waals surface area contributed by atoms with Crippen molar-refractivity contribution < 1.29 is 36.9 Å². The molecule has 1 aromatic heterocycles. The molecule has 1 aliphatic heterocycles. The topological polar surface area (TPSA) is 66.9 Å². The van der Waals surface area contributed by atoms with Gasteiger partial charge < -0.3 is 18.9 Å². The summed E-state index contributed by atoms with van der Waals surface area (Å²) in [5, 5.41) is 0. The fraction of sp³-hybridized carbons (Fsp3) is 0.333. The number of benzene rings is 2. The molecule has 3 aromatic rings. The number of hydrogen-bond donors (Lipinski definition) is 0. The number of esters is 1. The number of rotatable bonds is 6. The van der Waals surface area contributed by atoms with Crippen LogP contribution >= 0.6 is 0 Å². The van der Waals surface area contributed by atoms with Gasteiger partial charge >= 0.3 is 12.1 Å². The number of nitrogens with zero attached hydrogens (tertiary/aromatic N) is 1. The lowest BCUT2D eigenvalue weighted by atomic mass is 9.97. The second kappa shape index (κ2) is 9.37. The van der Waals surface area contributed by atoms with E-state index >= 15 is 0 Å². The molecule has 0 N–H and O–H groups in total. The summed E-state index contributed by atoms with van der Waals surface area (Å²) in [5.74, 6) is 0.990. The van der Waals surface area contributed by atoms with Gasteiger partial charge in [0.15, 0.2) is 0 Å². The first-order valence-electron chi connectivity index (χ1n) is 11.5. The Morgan fingerprint density at radius 1 is 1.11 bits per heavy atom.